The number of carbonyl (C=O) groups is 2. The van der Waals surface area contributed by atoms with Crippen LogP contribution in [0.25, 0.3) is 5.76 Å². The molecule has 3 rings (SSSR count). The number of amides is 1. The molecule has 1 fully saturated rings. The monoisotopic (exact) mass is 479 g/mol. The van der Waals surface area contributed by atoms with Crippen LogP contribution >= 0.6 is 27.3 Å². The van der Waals surface area contributed by atoms with Gasteiger partial charge >= 0.3 is 0 Å². The average molecular weight is 480 g/mol. The summed E-state index contributed by atoms with van der Waals surface area (Å²) in [5, 5.41) is 13.0. The number of aliphatic hydroxyl groups excluding tert-OH is 1. The van der Waals surface area contributed by atoms with Gasteiger partial charge in [-0.3, -0.25) is 9.59 Å². The van der Waals surface area contributed by atoms with Crippen molar-refractivity contribution in [1.82, 2.24) is 4.90 Å². The summed E-state index contributed by atoms with van der Waals surface area (Å²) in [6.45, 7) is 2.78. The molecular formula is C21H22BrNO5S. The van der Waals surface area contributed by atoms with Gasteiger partial charge in [0.05, 0.1) is 23.2 Å². The van der Waals surface area contributed by atoms with E-state index in [9.17, 15) is 14.7 Å². The Bertz CT molecular complexity index is 968. The van der Waals surface area contributed by atoms with Crippen molar-refractivity contribution in [2.24, 2.45) is 0 Å². The minimum absolute atomic E-state index is 0.107. The Morgan fingerprint density at radius 1 is 1.28 bits per heavy atom. The molecule has 154 valence electrons. The van der Waals surface area contributed by atoms with E-state index in [4.69, 9.17) is 9.47 Å². The van der Waals surface area contributed by atoms with Gasteiger partial charge in [-0.25, -0.2) is 0 Å². The molecule has 1 aliphatic heterocycles. The van der Waals surface area contributed by atoms with Crippen molar-refractivity contribution in [2.75, 3.05) is 27.4 Å². The lowest BCUT2D eigenvalue weighted by Crippen LogP contribution is -2.31. The molecular weight excluding hydrogens is 458 g/mol. The first kappa shape index (κ1) is 21.5. The number of Topliss-reactive ketones (excluding diaryl/α,β-unsaturated/α-hetero) is 1. The fourth-order valence-corrected chi connectivity index (χ4v) is 4.98. The predicted molar refractivity (Wildman–Crippen MR) is 115 cm³/mol. The number of methoxy groups -OCH3 is 2. The van der Waals surface area contributed by atoms with Crippen LogP contribution in [0, 0.1) is 6.92 Å². The highest BCUT2D eigenvalue weighted by atomic mass is 79.9. The lowest BCUT2D eigenvalue weighted by molar-refractivity contribution is -0.140. The predicted octanol–water partition coefficient (Wildman–Crippen LogP) is 4.29. The minimum atomic E-state index is -0.676. The molecule has 8 heteroatoms. The zero-order valence-electron chi connectivity index (χ0n) is 16.4. The van der Waals surface area contributed by atoms with E-state index in [1.807, 2.05) is 18.4 Å². The molecule has 2 heterocycles. The Labute approximate surface area is 181 Å². The standard InChI is InChI=1S/C21H22BrNO5S/c1-12-7-10-29-20(12)17-16(19(25)21(26)23(17)8-4-9-27-2)18(24)13-5-6-15(28-3)14(22)11-13/h5-7,10-11,17,24H,4,8-9H2,1-3H3/b18-16-. The largest absolute Gasteiger partial charge is 0.507 e. The number of nitrogens with zero attached hydrogens (tertiary/aromatic N) is 1. The summed E-state index contributed by atoms with van der Waals surface area (Å²) in [6, 6.07) is 6.35. The van der Waals surface area contributed by atoms with E-state index in [1.165, 1.54) is 16.2 Å². The number of aliphatic hydroxyl groups is 1. The third kappa shape index (κ3) is 4.10. The highest BCUT2D eigenvalue weighted by Gasteiger charge is 2.46. The molecule has 1 amide bonds. The molecule has 2 aromatic rings. The highest BCUT2D eigenvalue weighted by Crippen LogP contribution is 2.43. The number of aryl methyl sites for hydroxylation is 1. The van der Waals surface area contributed by atoms with Crippen molar-refractivity contribution < 1.29 is 24.2 Å². The summed E-state index contributed by atoms with van der Waals surface area (Å²) >= 11 is 4.87. The normalized spacial score (nSPS) is 18.5. The second kappa shape index (κ2) is 9.11. The van der Waals surface area contributed by atoms with Crippen LogP contribution in [0.3, 0.4) is 0 Å². The zero-order valence-corrected chi connectivity index (χ0v) is 18.8. The number of ketones is 1. The van der Waals surface area contributed by atoms with Crippen molar-refractivity contribution >= 4 is 44.7 Å². The Morgan fingerprint density at radius 3 is 2.62 bits per heavy atom. The first-order chi connectivity index (χ1) is 13.9. The smallest absolute Gasteiger partial charge is 0.295 e. The lowest BCUT2D eigenvalue weighted by atomic mass is 9.98. The number of hydrogen-bond acceptors (Lipinski definition) is 6. The fraction of sp³-hybridized carbons (Fsp3) is 0.333. The van der Waals surface area contributed by atoms with E-state index in [2.05, 4.69) is 15.9 Å². The van der Waals surface area contributed by atoms with Gasteiger partial charge in [0.15, 0.2) is 0 Å². The van der Waals surface area contributed by atoms with E-state index in [1.54, 1.807) is 32.4 Å². The van der Waals surface area contributed by atoms with Gasteiger partial charge < -0.3 is 19.5 Å². The van der Waals surface area contributed by atoms with Gasteiger partial charge in [0.2, 0.25) is 0 Å². The summed E-state index contributed by atoms with van der Waals surface area (Å²) in [4.78, 5) is 28.1. The molecule has 1 N–H and O–H groups in total. The number of hydrogen-bond donors (Lipinski definition) is 1. The quantitative estimate of drug-likeness (QED) is 0.277. The van der Waals surface area contributed by atoms with E-state index in [0.717, 1.165) is 10.4 Å². The van der Waals surface area contributed by atoms with Gasteiger partial charge in [-0.05, 0) is 64.5 Å². The number of benzene rings is 1. The minimum Gasteiger partial charge on any atom is -0.507 e. The number of ether oxygens (including phenoxy) is 2. The van der Waals surface area contributed by atoms with Crippen LogP contribution in [0.4, 0.5) is 0 Å². The maximum Gasteiger partial charge on any atom is 0.295 e. The van der Waals surface area contributed by atoms with Crippen molar-refractivity contribution in [2.45, 2.75) is 19.4 Å². The third-order valence-corrected chi connectivity index (χ3v) is 6.55. The van der Waals surface area contributed by atoms with E-state index in [-0.39, 0.29) is 11.3 Å². The van der Waals surface area contributed by atoms with Gasteiger partial charge in [0.25, 0.3) is 11.7 Å². The van der Waals surface area contributed by atoms with Crippen LogP contribution in [-0.4, -0.2) is 49.1 Å². The molecule has 0 saturated carbocycles. The number of rotatable bonds is 7. The van der Waals surface area contributed by atoms with Crippen molar-refractivity contribution in [3.8, 4) is 5.75 Å². The topological polar surface area (TPSA) is 76.1 Å². The van der Waals surface area contributed by atoms with E-state index < -0.39 is 17.7 Å². The molecule has 1 aliphatic rings. The fourth-order valence-electron chi connectivity index (χ4n) is 3.40. The Morgan fingerprint density at radius 2 is 2.03 bits per heavy atom. The summed E-state index contributed by atoms with van der Waals surface area (Å²) in [7, 11) is 3.14. The van der Waals surface area contributed by atoms with Crippen molar-refractivity contribution in [3.05, 3.63) is 55.7 Å². The van der Waals surface area contributed by atoms with Crippen molar-refractivity contribution in [1.29, 1.82) is 0 Å². The Kier molecular flexibility index (Phi) is 6.77. The number of halogens is 1. The van der Waals surface area contributed by atoms with Crippen LogP contribution in [0.1, 0.15) is 28.5 Å². The third-order valence-electron chi connectivity index (χ3n) is 4.86. The lowest BCUT2D eigenvalue weighted by Gasteiger charge is -2.24. The maximum absolute atomic E-state index is 12.9. The molecule has 1 unspecified atom stereocenters. The maximum atomic E-state index is 12.9. The van der Waals surface area contributed by atoms with Crippen molar-refractivity contribution in [3.63, 3.8) is 0 Å². The number of thiophene rings is 1. The SMILES string of the molecule is COCCCN1C(=O)C(=O)/C(=C(\O)c2ccc(OC)c(Br)c2)C1c1sccc1C. The average Bonchev–Trinajstić information content (AvgIpc) is 3.23. The van der Waals surface area contributed by atoms with E-state index >= 15 is 0 Å². The summed E-state index contributed by atoms with van der Waals surface area (Å²) in [5.74, 6) is -0.872. The molecule has 6 nitrogen and oxygen atoms in total. The van der Waals surface area contributed by atoms with Crippen LogP contribution < -0.4 is 4.74 Å². The van der Waals surface area contributed by atoms with Gasteiger partial charge in [-0.1, -0.05) is 0 Å². The van der Waals surface area contributed by atoms with Gasteiger partial charge in [-0.2, -0.15) is 0 Å². The van der Waals surface area contributed by atoms with Crippen LogP contribution in [-0.2, 0) is 14.3 Å². The molecule has 1 aromatic carbocycles. The Hall–Kier alpha value is -2.16. The van der Waals surface area contributed by atoms with E-state index in [0.29, 0.717) is 35.4 Å². The molecule has 1 atom stereocenters. The molecule has 1 saturated heterocycles. The Balaban J connectivity index is 2.12. The first-order valence-corrected chi connectivity index (χ1v) is 10.7. The molecule has 0 spiro atoms. The molecule has 1 aromatic heterocycles. The molecule has 0 aliphatic carbocycles. The van der Waals surface area contributed by atoms with Crippen LogP contribution in [0.2, 0.25) is 0 Å². The molecule has 29 heavy (non-hydrogen) atoms. The van der Waals surface area contributed by atoms with Gasteiger partial charge in [0, 0.05) is 30.7 Å². The molecule has 0 bridgehead atoms. The van der Waals surface area contributed by atoms with Crippen LogP contribution in [0.5, 0.6) is 5.75 Å². The summed E-state index contributed by atoms with van der Waals surface area (Å²) in [6.07, 6.45) is 0.596. The number of carbonyl (C=O) groups excluding carboxylic acids is 2. The summed E-state index contributed by atoms with van der Waals surface area (Å²) < 4.78 is 11.0. The second-order valence-electron chi connectivity index (χ2n) is 6.66. The number of likely N-dealkylation sites (tertiary alicyclic amines) is 1. The first-order valence-electron chi connectivity index (χ1n) is 9.06. The highest BCUT2D eigenvalue weighted by molar-refractivity contribution is 9.10. The van der Waals surface area contributed by atoms with Gasteiger partial charge in [-0.15, -0.1) is 11.3 Å². The molecule has 0 radical (unpaired) electrons. The van der Waals surface area contributed by atoms with Crippen LogP contribution in [0.15, 0.2) is 39.7 Å². The second-order valence-corrected chi connectivity index (χ2v) is 8.46. The van der Waals surface area contributed by atoms with Gasteiger partial charge in [0.1, 0.15) is 11.5 Å². The summed E-state index contributed by atoms with van der Waals surface area (Å²) in [5.41, 5.74) is 1.52. The zero-order chi connectivity index (χ0) is 21.1.